The summed E-state index contributed by atoms with van der Waals surface area (Å²) in [5.41, 5.74) is 7.76. The number of nitrogen functional groups attached to an aromatic ring is 1. The van der Waals surface area contributed by atoms with Crippen molar-refractivity contribution in [2.45, 2.75) is 36.6 Å². The normalized spacial score (nSPS) is 15.2. The Morgan fingerprint density at radius 3 is 2.50 bits per heavy atom. The number of anilines is 2. The number of hydrogen-bond acceptors (Lipinski definition) is 5. The molecule has 1 atom stereocenters. The van der Waals surface area contributed by atoms with Crippen LogP contribution in [0.3, 0.4) is 0 Å². The van der Waals surface area contributed by atoms with Crippen LogP contribution in [0.2, 0.25) is 0 Å². The Balaban J connectivity index is 1.49. The van der Waals surface area contributed by atoms with Gasteiger partial charge in [0.25, 0.3) is 0 Å². The first-order valence-corrected chi connectivity index (χ1v) is 11.7. The van der Waals surface area contributed by atoms with E-state index in [0.29, 0.717) is 28.2 Å². The van der Waals surface area contributed by atoms with Crippen molar-refractivity contribution in [1.29, 1.82) is 0 Å². The summed E-state index contributed by atoms with van der Waals surface area (Å²) in [5, 5.41) is 0.613. The van der Waals surface area contributed by atoms with Crippen LogP contribution < -0.4 is 10.5 Å². The average molecular weight is 489 g/mol. The maximum Gasteiger partial charge on any atom is 0.219 e. The lowest BCUT2D eigenvalue weighted by Crippen LogP contribution is -2.16. The van der Waals surface area contributed by atoms with E-state index in [2.05, 4.69) is 19.3 Å². The summed E-state index contributed by atoms with van der Waals surface area (Å²) >= 11 is -2.37. The molecule has 1 saturated carbocycles. The van der Waals surface area contributed by atoms with Gasteiger partial charge in [-0.05, 0) is 36.6 Å². The maximum absolute atomic E-state index is 15.0. The summed E-state index contributed by atoms with van der Waals surface area (Å²) in [4.78, 5) is 7.85. The molecule has 6 nitrogen and oxygen atoms in total. The van der Waals surface area contributed by atoms with Crippen molar-refractivity contribution in [3.05, 3.63) is 66.1 Å². The zero-order valence-corrected chi connectivity index (χ0v) is 18.5. The van der Waals surface area contributed by atoms with Crippen LogP contribution in [0, 0.1) is 23.3 Å². The predicted molar refractivity (Wildman–Crippen MR) is 121 cm³/mol. The number of nitrogens with two attached hydrogens (primary N) is 1. The van der Waals surface area contributed by atoms with Gasteiger partial charge in [0.15, 0.2) is 17.5 Å². The van der Waals surface area contributed by atoms with Crippen LogP contribution >= 0.6 is 0 Å². The minimum atomic E-state index is -2.37. The van der Waals surface area contributed by atoms with Crippen LogP contribution in [0.4, 0.5) is 29.1 Å². The molecule has 4 aromatic rings. The quantitative estimate of drug-likeness (QED) is 0.220. The minimum absolute atomic E-state index is 0.199. The Labute approximate surface area is 195 Å². The summed E-state index contributed by atoms with van der Waals surface area (Å²) in [6, 6.07) is 5.90. The molecule has 1 unspecified atom stereocenters. The summed E-state index contributed by atoms with van der Waals surface area (Å²) in [6.45, 7) is 0. The SMILES string of the molecule is Nc1ncnc2c1c(-c1ccc(N[S+]([O-])c3ccc(F)c(F)c3F)c(F)c1)cn2C1CCCC1. The van der Waals surface area contributed by atoms with Crippen molar-refractivity contribution < 1.29 is 22.1 Å². The van der Waals surface area contributed by atoms with Gasteiger partial charge in [-0.15, -0.1) is 0 Å². The molecule has 1 aliphatic carbocycles. The highest BCUT2D eigenvalue weighted by Gasteiger charge is 2.26. The van der Waals surface area contributed by atoms with Gasteiger partial charge in [0.1, 0.15) is 34.8 Å². The van der Waals surface area contributed by atoms with E-state index in [1.807, 2.05) is 6.20 Å². The molecular formula is C23H19F4N5OS. The highest BCUT2D eigenvalue weighted by molar-refractivity contribution is 7.92. The third-order valence-electron chi connectivity index (χ3n) is 6.04. The van der Waals surface area contributed by atoms with Crippen LogP contribution in [-0.4, -0.2) is 19.1 Å². The minimum Gasteiger partial charge on any atom is -0.588 e. The summed E-state index contributed by atoms with van der Waals surface area (Å²) in [6.07, 6.45) is 7.54. The molecule has 0 radical (unpaired) electrons. The van der Waals surface area contributed by atoms with Gasteiger partial charge in [0, 0.05) is 23.9 Å². The largest absolute Gasteiger partial charge is 0.588 e. The highest BCUT2D eigenvalue weighted by atomic mass is 32.2. The van der Waals surface area contributed by atoms with Crippen LogP contribution in [0.5, 0.6) is 0 Å². The molecule has 2 aromatic heterocycles. The number of benzene rings is 2. The van der Waals surface area contributed by atoms with Crippen LogP contribution in [0.25, 0.3) is 22.2 Å². The molecular weight excluding hydrogens is 470 g/mol. The Kier molecular flexibility index (Phi) is 5.82. The first-order valence-electron chi connectivity index (χ1n) is 10.6. The second-order valence-corrected chi connectivity index (χ2v) is 9.27. The Morgan fingerprint density at radius 1 is 1.00 bits per heavy atom. The summed E-state index contributed by atoms with van der Waals surface area (Å²) < 4.78 is 72.3. The third-order valence-corrected chi connectivity index (χ3v) is 7.16. The van der Waals surface area contributed by atoms with Crippen molar-refractivity contribution in [3.8, 4) is 11.1 Å². The lowest BCUT2D eigenvalue weighted by atomic mass is 10.1. The number of rotatable bonds is 5. The van der Waals surface area contributed by atoms with Gasteiger partial charge in [-0.3, -0.25) is 0 Å². The van der Waals surface area contributed by atoms with Gasteiger partial charge in [-0.25, -0.2) is 27.9 Å². The molecule has 2 aromatic carbocycles. The molecule has 1 aliphatic rings. The monoisotopic (exact) mass is 489 g/mol. The van der Waals surface area contributed by atoms with Crippen molar-refractivity contribution in [3.63, 3.8) is 0 Å². The van der Waals surface area contributed by atoms with E-state index in [0.717, 1.165) is 31.7 Å². The van der Waals surface area contributed by atoms with Gasteiger partial charge in [-0.2, -0.15) is 4.39 Å². The first kappa shape index (κ1) is 22.5. The standard InChI is InChI=1S/C23H19F4N5OS/c24-15-6-8-18(21(27)20(15)26)34(33)31-17-7-5-12(9-16(17)25)14-10-32(13-3-1-2-4-13)23-19(14)22(28)29-11-30-23/h5-11,13,31H,1-4H2,(H2,28,29,30). The van der Waals surface area contributed by atoms with E-state index in [4.69, 9.17) is 5.73 Å². The van der Waals surface area contributed by atoms with Gasteiger partial charge in [-0.1, -0.05) is 18.9 Å². The van der Waals surface area contributed by atoms with Crippen molar-refractivity contribution in [2.75, 3.05) is 10.5 Å². The van der Waals surface area contributed by atoms with E-state index >= 15 is 0 Å². The second-order valence-electron chi connectivity index (χ2n) is 8.08. The van der Waals surface area contributed by atoms with Gasteiger partial charge in [0.2, 0.25) is 10.7 Å². The molecule has 3 N–H and O–H groups in total. The molecule has 0 spiro atoms. The Bertz CT molecular complexity index is 1390. The van der Waals surface area contributed by atoms with Crippen molar-refractivity contribution in [1.82, 2.24) is 14.5 Å². The smallest absolute Gasteiger partial charge is 0.219 e. The molecule has 176 valence electrons. The number of nitrogens with one attached hydrogen (secondary N) is 1. The van der Waals surface area contributed by atoms with Crippen molar-refractivity contribution in [2.24, 2.45) is 0 Å². The predicted octanol–water partition coefficient (Wildman–Crippen LogP) is 5.49. The molecule has 11 heteroatoms. The van der Waals surface area contributed by atoms with Gasteiger partial charge < -0.3 is 14.9 Å². The third kappa shape index (κ3) is 3.84. The molecule has 0 saturated heterocycles. The lowest BCUT2D eigenvalue weighted by Gasteiger charge is -2.13. The van der Waals surface area contributed by atoms with E-state index in [1.165, 1.54) is 18.5 Å². The molecule has 2 heterocycles. The topological polar surface area (TPSA) is 91.8 Å². The summed E-state index contributed by atoms with van der Waals surface area (Å²) in [7, 11) is 0. The molecule has 5 rings (SSSR count). The molecule has 34 heavy (non-hydrogen) atoms. The average Bonchev–Trinajstić information content (AvgIpc) is 3.47. The second kappa shape index (κ2) is 8.80. The molecule has 1 fully saturated rings. The number of hydrogen-bond donors (Lipinski definition) is 2. The van der Waals surface area contributed by atoms with Crippen LogP contribution in [-0.2, 0) is 11.4 Å². The first-order chi connectivity index (χ1) is 16.3. The van der Waals surface area contributed by atoms with Crippen LogP contribution in [0.1, 0.15) is 31.7 Å². The van der Waals surface area contributed by atoms with Gasteiger partial charge >= 0.3 is 0 Å². The van der Waals surface area contributed by atoms with Gasteiger partial charge in [0.05, 0.1) is 5.39 Å². The number of halogens is 4. The lowest BCUT2D eigenvalue weighted by molar-refractivity contribution is 0.432. The van der Waals surface area contributed by atoms with Crippen LogP contribution in [0.15, 0.2) is 47.8 Å². The zero-order valence-electron chi connectivity index (χ0n) is 17.7. The Morgan fingerprint density at radius 2 is 1.76 bits per heavy atom. The van der Waals surface area contributed by atoms with E-state index in [9.17, 15) is 22.1 Å². The highest BCUT2D eigenvalue weighted by Crippen LogP contribution is 2.39. The van der Waals surface area contributed by atoms with E-state index in [-0.39, 0.29) is 17.5 Å². The van der Waals surface area contributed by atoms with Crippen molar-refractivity contribution >= 4 is 33.9 Å². The number of nitrogens with zero attached hydrogens (tertiary/aromatic N) is 3. The number of aromatic nitrogens is 3. The fourth-order valence-corrected chi connectivity index (χ4v) is 5.28. The maximum atomic E-state index is 15.0. The molecule has 0 amide bonds. The van der Waals surface area contributed by atoms with E-state index in [1.54, 1.807) is 6.07 Å². The fourth-order valence-electron chi connectivity index (χ4n) is 4.36. The number of fused-ring (bicyclic) bond motifs is 1. The van der Waals surface area contributed by atoms with E-state index < -0.39 is 39.5 Å². The zero-order chi connectivity index (χ0) is 24.0. The Hall–Kier alpha value is -3.31. The fraction of sp³-hybridized carbons (Fsp3) is 0.217. The summed E-state index contributed by atoms with van der Waals surface area (Å²) in [5.74, 6) is -5.26. The molecule has 0 aliphatic heterocycles. The molecule has 0 bridgehead atoms.